The summed E-state index contributed by atoms with van der Waals surface area (Å²) in [6.45, 7) is 4.60. The lowest BCUT2D eigenvalue weighted by molar-refractivity contribution is 0.471. The smallest absolute Gasteiger partial charge is 0.160 e. The van der Waals surface area contributed by atoms with Crippen LogP contribution in [0.4, 0.5) is 15.9 Å². The predicted molar refractivity (Wildman–Crippen MR) is 133 cm³/mol. The molecule has 2 N–H and O–H groups in total. The monoisotopic (exact) mass is 483 g/mol. The van der Waals surface area contributed by atoms with Crippen LogP contribution in [0.15, 0.2) is 55.4 Å². The van der Waals surface area contributed by atoms with E-state index in [0.717, 1.165) is 18.5 Å². The highest BCUT2D eigenvalue weighted by atomic mass is 19.1. The molecule has 5 heterocycles. The molecule has 1 aliphatic rings. The Morgan fingerprint density at radius 3 is 2.94 bits per heavy atom. The number of rotatable bonds is 5. The van der Waals surface area contributed by atoms with Gasteiger partial charge in [0.2, 0.25) is 0 Å². The second-order valence-corrected chi connectivity index (χ2v) is 8.54. The fraction of sp³-hybridized carbons (Fsp3) is 0.200. The van der Waals surface area contributed by atoms with Crippen molar-refractivity contribution in [1.82, 2.24) is 39.9 Å². The molecule has 36 heavy (non-hydrogen) atoms. The van der Waals surface area contributed by atoms with Gasteiger partial charge >= 0.3 is 0 Å². The standard InChI is InChI=1S/C25H22FN9O/c1-14-9-16(5-7-27-14)24-28-11-19-23(34-24)25(31-12-29-19)33-18-3-4-20(15(2)22(18)26)36-17-6-8-35-21(10-17)30-13-32-35/h3-4,6,8-14,27H,5,7H2,1-2H3,(H,29,31,33)/t14-/m1/s1. The van der Waals surface area contributed by atoms with Crippen molar-refractivity contribution in [3.63, 3.8) is 0 Å². The number of ether oxygens (including phenoxy) is 1. The largest absolute Gasteiger partial charge is 0.457 e. The van der Waals surface area contributed by atoms with Crippen molar-refractivity contribution >= 4 is 33.8 Å². The predicted octanol–water partition coefficient (Wildman–Crippen LogP) is 4.21. The van der Waals surface area contributed by atoms with Crippen molar-refractivity contribution in [3.8, 4) is 11.5 Å². The molecule has 180 valence electrons. The summed E-state index contributed by atoms with van der Waals surface area (Å²) in [5, 5.41) is 10.5. The Labute approximate surface area is 205 Å². The average molecular weight is 484 g/mol. The summed E-state index contributed by atoms with van der Waals surface area (Å²) in [7, 11) is 0. The molecule has 1 aromatic carbocycles. The first-order valence-corrected chi connectivity index (χ1v) is 11.5. The van der Waals surface area contributed by atoms with E-state index in [1.165, 1.54) is 12.7 Å². The summed E-state index contributed by atoms with van der Waals surface area (Å²) in [5.41, 5.74) is 3.39. The minimum Gasteiger partial charge on any atom is -0.457 e. The third-order valence-electron chi connectivity index (χ3n) is 6.05. The van der Waals surface area contributed by atoms with Gasteiger partial charge in [-0.05, 0) is 50.6 Å². The molecule has 0 radical (unpaired) electrons. The molecule has 0 aliphatic carbocycles. The molecule has 10 nitrogen and oxygen atoms in total. The van der Waals surface area contributed by atoms with Crippen molar-refractivity contribution < 1.29 is 9.13 Å². The van der Waals surface area contributed by atoms with Crippen LogP contribution in [0.25, 0.3) is 22.3 Å². The molecule has 1 atom stereocenters. The fourth-order valence-electron chi connectivity index (χ4n) is 4.15. The van der Waals surface area contributed by atoms with Crippen LogP contribution in [-0.4, -0.2) is 47.1 Å². The van der Waals surface area contributed by atoms with E-state index in [0.29, 0.717) is 45.4 Å². The van der Waals surface area contributed by atoms with Crippen molar-refractivity contribution in [3.05, 3.63) is 72.6 Å². The molecule has 11 heteroatoms. The highest BCUT2D eigenvalue weighted by Gasteiger charge is 2.17. The molecular weight excluding hydrogens is 461 g/mol. The zero-order valence-corrected chi connectivity index (χ0v) is 19.6. The Morgan fingerprint density at radius 2 is 2.06 bits per heavy atom. The number of anilines is 2. The van der Waals surface area contributed by atoms with Crippen LogP contribution in [-0.2, 0) is 0 Å². The van der Waals surface area contributed by atoms with Gasteiger partial charge in [-0.25, -0.2) is 33.8 Å². The van der Waals surface area contributed by atoms with Gasteiger partial charge in [0.1, 0.15) is 35.2 Å². The number of aromatic nitrogens is 7. The van der Waals surface area contributed by atoms with E-state index in [9.17, 15) is 0 Å². The maximum Gasteiger partial charge on any atom is 0.160 e. The minimum absolute atomic E-state index is 0.244. The van der Waals surface area contributed by atoms with Gasteiger partial charge in [0.25, 0.3) is 0 Å². The van der Waals surface area contributed by atoms with Gasteiger partial charge in [-0.15, -0.1) is 0 Å². The number of halogens is 1. The Hall–Kier alpha value is -4.51. The topological polar surface area (TPSA) is 115 Å². The van der Waals surface area contributed by atoms with Gasteiger partial charge < -0.3 is 15.4 Å². The quantitative estimate of drug-likeness (QED) is 0.379. The molecule has 0 spiro atoms. The number of hydrogen-bond acceptors (Lipinski definition) is 9. The first-order chi connectivity index (χ1) is 17.5. The highest BCUT2D eigenvalue weighted by molar-refractivity contribution is 5.87. The third kappa shape index (κ3) is 4.09. The fourth-order valence-corrected chi connectivity index (χ4v) is 4.15. The van der Waals surface area contributed by atoms with Gasteiger partial charge in [-0.1, -0.05) is 6.08 Å². The number of fused-ring (bicyclic) bond motifs is 2. The lowest BCUT2D eigenvalue weighted by Gasteiger charge is -2.19. The molecule has 1 aliphatic heterocycles. The zero-order chi connectivity index (χ0) is 24.6. The van der Waals surface area contributed by atoms with E-state index in [-0.39, 0.29) is 11.7 Å². The molecule has 0 saturated carbocycles. The van der Waals surface area contributed by atoms with Gasteiger partial charge in [-0.2, -0.15) is 5.10 Å². The van der Waals surface area contributed by atoms with Crippen molar-refractivity contribution in [2.45, 2.75) is 26.3 Å². The summed E-state index contributed by atoms with van der Waals surface area (Å²) < 4.78 is 23.0. The molecule has 0 amide bonds. The number of nitrogens with one attached hydrogen (secondary N) is 2. The molecule has 4 aromatic heterocycles. The molecule has 0 bridgehead atoms. The molecule has 6 rings (SSSR count). The van der Waals surface area contributed by atoms with E-state index < -0.39 is 5.82 Å². The van der Waals surface area contributed by atoms with Crippen LogP contribution >= 0.6 is 0 Å². The summed E-state index contributed by atoms with van der Waals surface area (Å²) in [6.07, 6.45) is 9.20. The maximum atomic E-state index is 15.4. The molecule has 0 fully saturated rings. The SMILES string of the molecule is Cc1c(Oc2ccn3ncnc3c2)ccc(Nc2ncnc3cnc(C4=C[C@@H](C)NCC4)nc23)c1F. The first-order valence-electron chi connectivity index (χ1n) is 11.5. The second-order valence-electron chi connectivity index (χ2n) is 8.54. The summed E-state index contributed by atoms with van der Waals surface area (Å²) in [5.74, 6) is 1.50. The van der Waals surface area contributed by atoms with E-state index in [4.69, 9.17) is 9.72 Å². The van der Waals surface area contributed by atoms with E-state index in [1.807, 2.05) is 0 Å². The van der Waals surface area contributed by atoms with Gasteiger partial charge in [0.15, 0.2) is 23.1 Å². The third-order valence-corrected chi connectivity index (χ3v) is 6.05. The Morgan fingerprint density at radius 1 is 1.14 bits per heavy atom. The van der Waals surface area contributed by atoms with E-state index in [2.05, 4.69) is 48.7 Å². The molecule has 5 aromatic rings. The van der Waals surface area contributed by atoms with Gasteiger partial charge in [0.05, 0.1) is 11.9 Å². The summed E-state index contributed by atoms with van der Waals surface area (Å²) in [4.78, 5) is 22.0. The highest BCUT2D eigenvalue weighted by Crippen LogP contribution is 2.33. The summed E-state index contributed by atoms with van der Waals surface area (Å²) >= 11 is 0. The number of hydrogen-bond donors (Lipinski definition) is 2. The molecule has 0 unspecified atom stereocenters. The van der Waals surface area contributed by atoms with Crippen LogP contribution in [0, 0.1) is 12.7 Å². The molecule has 0 saturated heterocycles. The Balaban J connectivity index is 1.31. The Kier molecular flexibility index (Phi) is 5.45. The molecular formula is C25H22FN9O. The van der Waals surface area contributed by atoms with E-state index >= 15 is 4.39 Å². The van der Waals surface area contributed by atoms with Crippen LogP contribution < -0.4 is 15.4 Å². The van der Waals surface area contributed by atoms with Crippen LogP contribution in [0.3, 0.4) is 0 Å². The second kappa shape index (κ2) is 8.93. The first kappa shape index (κ1) is 22.0. The maximum absolute atomic E-state index is 15.4. The number of pyridine rings is 1. The van der Waals surface area contributed by atoms with Crippen molar-refractivity contribution in [2.24, 2.45) is 0 Å². The lowest BCUT2D eigenvalue weighted by atomic mass is 10.0. The zero-order valence-electron chi connectivity index (χ0n) is 19.6. The average Bonchev–Trinajstić information content (AvgIpc) is 3.36. The number of nitrogens with zero attached hydrogens (tertiary/aromatic N) is 7. The van der Waals surface area contributed by atoms with Crippen molar-refractivity contribution in [1.29, 1.82) is 0 Å². The normalized spacial score (nSPS) is 15.8. The van der Waals surface area contributed by atoms with Crippen LogP contribution in [0.5, 0.6) is 11.5 Å². The van der Waals surface area contributed by atoms with Gasteiger partial charge in [0, 0.05) is 23.9 Å². The number of benzene rings is 1. The Bertz CT molecular complexity index is 1630. The summed E-state index contributed by atoms with van der Waals surface area (Å²) in [6, 6.07) is 7.04. The van der Waals surface area contributed by atoms with Crippen molar-refractivity contribution in [2.75, 3.05) is 11.9 Å². The van der Waals surface area contributed by atoms with Gasteiger partial charge in [-0.3, -0.25) is 0 Å². The lowest BCUT2D eigenvalue weighted by Crippen LogP contribution is -2.29. The van der Waals surface area contributed by atoms with E-state index in [1.54, 1.807) is 48.1 Å². The van der Waals surface area contributed by atoms with Crippen LogP contribution in [0.1, 0.15) is 24.7 Å². The van der Waals surface area contributed by atoms with Crippen LogP contribution in [0.2, 0.25) is 0 Å². The minimum atomic E-state index is -0.452.